The summed E-state index contributed by atoms with van der Waals surface area (Å²) in [4.78, 5) is 34.4. The number of anilines is 1. The molecule has 0 bridgehead atoms. The molecule has 0 atom stereocenters. The molecule has 0 aliphatic carbocycles. The summed E-state index contributed by atoms with van der Waals surface area (Å²) in [6.07, 6.45) is 1.99. The van der Waals surface area contributed by atoms with Gasteiger partial charge in [0.05, 0.1) is 11.0 Å². The molecule has 1 fully saturated rings. The van der Waals surface area contributed by atoms with Gasteiger partial charge in [0.2, 0.25) is 11.8 Å². The second-order valence-corrected chi connectivity index (χ2v) is 7.35. The number of aromatic nitrogens is 2. The minimum absolute atomic E-state index is 0.0117. The molecule has 3 aromatic rings. The maximum absolute atomic E-state index is 12.9. The number of hydrogen-bond acceptors (Lipinski definition) is 3. The standard InChI is InChI=1S/C22H23FN4O2/c23-16-5-7-17(8-6-16)24-20(28)9-10-21(29)27-13-11-15(12-14-27)22-25-18-3-1-2-4-19(18)26-22/h1-8,15H,9-14H2,(H,24,28)(H,25,26). The van der Waals surface area contributed by atoms with Crippen LogP contribution in [0.25, 0.3) is 11.0 Å². The molecule has 0 saturated carbocycles. The Morgan fingerprint density at radius 1 is 1.07 bits per heavy atom. The van der Waals surface area contributed by atoms with E-state index in [0.717, 1.165) is 29.7 Å². The lowest BCUT2D eigenvalue weighted by atomic mass is 9.96. The van der Waals surface area contributed by atoms with Gasteiger partial charge < -0.3 is 15.2 Å². The van der Waals surface area contributed by atoms with Crippen LogP contribution >= 0.6 is 0 Å². The number of amides is 2. The van der Waals surface area contributed by atoms with Gasteiger partial charge in [-0.05, 0) is 49.2 Å². The maximum Gasteiger partial charge on any atom is 0.224 e. The molecule has 1 aliphatic heterocycles. The second-order valence-electron chi connectivity index (χ2n) is 7.35. The Morgan fingerprint density at radius 3 is 2.52 bits per heavy atom. The minimum atomic E-state index is -0.357. The molecule has 29 heavy (non-hydrogen) atoms. The van der Waals surface area contributed by atoms with Crippen molar-refractivity contribution in [2.75, 3.05) is 18.4 Å². The number of likely N-dealkylation sites (tertiary alicyclic amines) is 1. The van der Waals surface area contributed by atoms with Gasteiger partial charge in [-0.1, -0.05) is 12.1 Å². The van der Waals surface area contributed by atoms with Gasteiger partial charge in [0, 0.05) is 37.5 Å². The summed E-state index contributed by atoms with van der Waals surface area (Å²) in [6.45, 7) is 1.33. The van der Waals surface area contributed by atoms with E-state index in [4.69, 9.17) is 0 Å². The van der Waals surface area contributed by atoms with Gasteiger partial charge >= 0.3 is 0 Å². The number of para-hydroxylation sites is 2. The van der Waals surface area contributed by atoms with Crippen LogP contribution in [0.3, 0.4) is 0 Å². The van der Waals surface area contributed by atoms with Crippen LogP contribution in [-0.4, -0.2) is 39.8 Å². The minimum Gasteiger partial charge on any atom is -0.343 e. The second kappa shape index (κ2) is 8.43. The summed E-state index contributed by atoms with van der Waals surface area (Å²) in [5.41, 5.74) is 2.52. The van der Waals surface area contributed by atoms with Gasteiger partial charge in [-0.3, -0.25) is 9.59 Å². The van der Waals surface area contributed by atoms with Crippen LogP contribution in [0.5, 0.6) is 0 Å². The zero-order valence-electron chi connectivity index (χ0n) is 16.0. The summed E-state index contributed by atoms with van der Waals surface area (Å²) in [7, 11) is 0. The lowest BCUT2D eigenvalue weighted by molar-refractivity contribution is -0.133. The number of aromatic amines is 1. The zero-order chi connectivity index (χ0) is 20.2. The van der Waals surface area contributed by atoms with Crippen LogP contribution in [0.1, 0.15) is 37.4 Å². The first-order valence-corrected chi connectivity index (χ1v) is 9.86. The van der Waals surface area contributed by atoms with E-state index in [-0.39, 0.29) is 30.5 Å². The maximum atomic E-state index is 12.9. The summed E-state index contributed by atoms with van der Waals surface area (Å²) >= 11 is 0. The quantitative estimate of drug-likeness (QED) is 0.690. The van der Waals surface area contributed by atoms with Crippen LogP contribution < -0.4 is 5.32 Å². The number of fused-ring (bicyclic) bond motifs is 1. The van der Waals surface area contributed by atoms with Crippen molar-refractivity contribution >= 4 is 28.5 Å². The predicted molar refractivity (Wildman–Crippen MR) is 109 cm³/mol. The molecule has 4 rings (SSSR count). The molecule has 1 aliphatic rings. The number of rotatable bonds is 5. The third-order valence-electron chi connectivity index (χ3n) is 5.34. The summed E-state index contributed by atoms with van der Waals surface area (Å²) in [6, 6.07) is 13.5. The van der Waals surface area contributed by atoms with Crippen molar-refractivity contribution in [2.24, 2.45) is 0 Å². The van der Waals surface area contributed by atoms with Gasteiger partial charge in [0.25, 0.3) is 0 Å². The number of benzene rings is 2. The number of piperidine rings is 1. The fraction of sp³-hybridized carbons (Fsp3) is 0.318. The number of H-pyrrole nitrogens is 1. The van der Waals surface area contributed by atoms with E-state index in [1.54, 1.807) is 0 Å². The topological polar surface area (TPSA) is 78.1 Å². The number of carbonyl (C=O) groups excluding carboxylic acids is 2. The van der Waals surface area contributed by atoms with Crippen molar-refractivity contribution in [1.82, 2.24) is 14.9 Å². The Bertz CT molecular complexity index is 974. The van der Waals surface area contributed by atoms with Crippen molar-refractivity contribution in [1.29, 1.82) is 0 Å². The van der Waals surface area contributed by atoms with Crippen molar-refractivity contribution in [3.05, 3.63) is 60.2 Å². The Balaban J connectivity index is 1.24. The fourth-order valence-electron chi connectivity index (χ4n) is 3.70. The normalized spacial score (nSPS) is 14.9. The molecule has 0 radical (unpaired) electrons. The smallest absolute Gasteiger partial charge is 0.224 e. The van der Waals surface area contributed by atoms with E-state index < -0.39 is 0 Å². The lowest BCUT2D eigenvalue weighted by Crippen LogP contribution is -2.38. The first kappa shape index (κ1) is 19.1. The molecule has 0 spiro atoms. The van der Waals surface area contributed by atoms with Gasteiger partial charge in [0.1, 0.15) is 11.6 Å². The summed E-state index contributed by atoms with van der Waals surface area (Å²) < 4.78 is 12.9. The average molecular weight is 394 g/mol. The molecular formula is C22H23FN4O2. The molecule has 2 aromatic carbocycles. The van der Waals surface area contributed by atoms with E-state index in [1.165, 1.54) is 24.3 Å². The van der Waals surface area contributed by atoms with Crippen molar-refractivity contribution in [3.8, 4) is 0 Å². The SMILES string of the molecule is O=C(CCC(=O)N1CCC(c2nc3ccccc3[nH]2)CC1)Nc1ccc(F)cc1. The number of nitrogens with one attached hydrogen (secondary N) is 2. The number of halogens is 1. The molecule has 0 unspecified atom stereocenters. The molecule has 7 heteroatoms. The molecule has 2 N–H and O–H groups in total. The highest BCUT2D eigenvalue weighted by molar-refractivity contribution is 5.93. The first-order valence-electron chi connectivity index (χ1n) is 9.86. The molecule has 2 heterocycles. The van der Waals surface area contributed by atoms with Crippen LogP contribution in [0.15, 0.2) is 48.5 Å². The first-order chi connectivity index (χ1) is 14.1. The highest BCUT2D eigenvalue weighted by Crippen LogP contribution is 2.28. The third-order valence-corrected chi connectivity index (χ3v) is 5.34. The van der Waals surface area contributed by atoms with Crippen molar-refractivity contribution < 1.29 is 14.0 Å². The molecule has 6 nitrogen and oxygen atoms in total. The summed E-state index contributed by atoms with van der Waals surface area (Å²) in [5.74, 6) is 0.679. The molecule has 150 valence electrons. The Kier molecular flexibility index (Phi) is 5.55. The number of carbonyl (C=O) groups is 2. The largest absolute Gasteiger partial charge is 0.343 e. The van der Waals surface area contributed by atoms with Crippen LogP contribution in [-0.2, 0) is 9.59 Å². The van der Waals surface area contributed by atoms with Crippen molar-refractivity contribution in [2.45, 2.75) is 31.6 Å². The Hall–Kier alpha value is -3.22. The number of imidazole rings is 1. The third kappa shape index (κ3) is 4.62. The lowest BCUT2D eigenvalue weighted by Gasteiger charge is -2.31. The van der Waals surface area contributed by atoms with Crippen molar-refractivity contribution in [3.63, 3.8) is 0 Å². The van der Waals surface area contributed by atoms with Gasteiger partial charge in [0.15, 0.2) is 0 Å². The number of hydrogen-bond donors (Lipinski definition) is 2. The van der Waals surface area contributed by atoms with Gasteiger partial charge in [-0.2, -0.15) is 0 Å². The molecule has 1 aromatic heterocycles. The van der Waals surface area contributed by atoms with Crippen LogP contribution in [0, 0.1) is 5.82 Å². The van der Waals surface area contributed by atoms with E-state index in [1.807, 2.05) is 29.2 Å². The molecule has 1 saturated heterocycles. The van der Waals surface area contributed by atoms with E-state index in [2.05, 4.69) is 15.3 Å². The fourth-order valence-corrected chi connectivity index (χ4v) is 3.70. The van der Waals surface area contributed by atoms with E-state index in [9.17, 15) is 14.0 Å². The summed E-state index contributed by atoms with van der Waals surface area (Å²) in [5, 5.41) is 2.68. The number of nitrogens with zero attached hydrogens (tertiary/aromatic N) is 2. The van der Waals surface area contributed by atoms with Crippen LogP contribution in [0.4, 0.5) is 10.1 Å². The van der Waals surface area contributed by atoms with Gasteiger partial charge in [-0.15, -0.1) is 0 Å². The van der Waals surface area contributed by atoms with Gasteiger partial charge in [-0.25, -0.2) is 9.37 Å². The molecule has 2 amide bonds. The van der Waals surface area contributed by atoms with Crippen LogP contribution in [0.2, 0.25) is 0 Å². The Labute approximate surface area is 168 Å². The highest BCUT2D eigenvalue weighted by atomic mass is 19.1. The highest BCUT2D eigenvalue weighted by Gasteiger charge is 2.25. The zero-order valence-corrected chi connectivity index (χ0v) is 16.0. The van der Waals surface area contributed by atoms with E-state index in [0.29, 0.717) is 24.7 Å². The molecular weight excluding hydrogens is 371 g/mol. The predicted octanol–water partition coefficient (Wildman–Crippen LogP) is 3.83. The van der Waals surface area contributed by atoms with E-state index >= 15 is 0 Å². The average Bonchev–Trinajstić information content (AvgIpc) is 3.18. The Morgan fingerprint density at radius 2 is 1.79 bits per heavy atom. The monoisotopic (exact) mass is 394 g/mol.